The Bertz CT molecular complexity index is 539. The van der Waals surface area contributed by atoms with Crippen molar-refractivity contribution in [3.8, 4) is 0 Å². The van der Waals surface area contributed by atoms with Crippen molar-refractivity contribution in [3.63, 3.8) is 0 Å². The lowest BCUT2D eigenvalue weighted by molar-refractivity contribution is -0.112. The molecule has 1 aliphatic rings. The van der Waals surface area contributed by atoms with Gasteiger partial charge >= 0.3 is 0 Å². The molecule has 0 aromatic heterocycles. The number of hydrogen-bond acceptors (Lipinski definition) is 2. The summed E-state index contributed by atoms with van der Waals surface area (Å²) < 4.78 is 0. The monoisotopic (exact) mass is 251 g/mol. The van der Waals surface area contributed by atoms with Crippen molar-refractivity contribution in [3.05, 3.63) is 71.3 Å². The number of hydrogen-bond donors (Lipinski definition) is 0. The molecule has 0 amide bonds. The van der Waals surface area contributed by atoms with Crippen molar-refractivity contribution < 1.29 is 4.79 Å². The number of benzene rings is 2. The summed E-state index contributed by atoms with van der Waals surface area (Å²) in [5.74, 6) is 0. The van der Waals surface area contributed by atoms with Crippen LogP contribution in [0, 0.1) is 0 Å². The second-order valence-electron chi connectivity index (χ2n) is 5.07. The summed E-state index contributed by atoms with van der Waals surface area (Å²) in [6.45, 7) is 1.76. The molecule has 1 atom stereocenters. The smallest absolute Gasteiger partial charge is 0.137 e. The van der Waals surface area contributed by atoms with E-state index in [4.69, 9.17) is 0 Å². The van der Waals surface area contributed by atoms with Gasteiger partial charge < -0.3 is 4.79 Å². The lowest BCUT2D eigenvalue weighted by Gasteiger charge is -2.22. The van der Waals surface area contributed by atoms with Crippen LogP contribution in [0.5, 0.6) is 0 Å². The third-order valence-electron chi connectivity index (χ3n) is 3.78. The van der Waals surface area contributed by atoms with Crippen LogP contribution in [0.25, 0.3) is 0 Å². The molecule has 2 aromatic carbocycles. The molecule has 0 aliphatic carbocycles. The van der Waals surface area contributed by atoms with Gasteiger partial charge in [0.05, 0.1) is 6.04 Å². The quantitative estimate of drug-likeness (QED) is 0.779. The van der Waals surface area contributed by atoms with Crippen molar-refractivity contribution >= 4 is 6.29 Å². The molecular formula is C17H17NO. The summed E-state index contributed by atoms with van der Waals surface area (Å²) >= 11 is 0. The number of nitrogens with zero attached hydrogens (tertiary/aromatic N) is 1. The predicted octanol–water partition coefficient (Wildman–Crippen LogP) is 2.81. The highest BCUT2D eigenvalue weighted by Crippen LogP contribution is 2.24. The van der Waals surface area contributed by atoms with Gasteiger partial charge in [-0.05, 0) is 23.1 Å². The fourth-order valence-corrected chi connectivity index (χ4v) is 2.71. The Kier molecular flexibility index (Phi) is 3.43. The highest BCUT2D eigenvalue weighted by molar-refractivity contribution is 5.59. The summed E-state index contributed by atoms with van der Waals surface area (Å²) in [5, 5.41) is 0. The SMILES string of the molecule is O=C[C@H](Cc1ccccc1)N1Cc2ccccc2C1. The molecule has 1 aliphatic heterocycles. The zero-order valence-electron chi connectivity index (χ0n) is 10.8. The number of fused-ring (bicyclic) bond motifs is 1. The van der Waals surface area contributed by atoms with Crippen LogP contribution in [0.3, 0.4) is 0 Å². The normalized spacial score (nSPS) is 16.0. The summed E-state index contributed by atoms with van der Waals surface area (Å²) in [5.41, 5.74) is 3.92. The molecule has 0 radical (unpaired) electrons. The van der Waals surface area contributed by atoms with Crippen LogP contribution in [-0.2, 0) is 24.3 Å². The minimum absolute atomic E-state index is 0.0326. The molecule has 3 rings (SSSR count). The summed E-state index contributed by atoms with van der Waals surface area (Å²) in [6, 6.07) is 18.6. The number of aldehydes is 1. The number of carbonyl (C=O) groups excluding carboxylic acids is 1. The van der Waals surface area contributed by atoms with E-state index in [0.717, 1.165) is 25.8 Å². The van der Waals surface area contributed by atoms with Crippen molar-refractivity contribution in [2.24, 2.45) is 0 Å². The summed E-state index contributed by atoms with van der Waals surface area (Å²) in [4.78, 5) is 13.7. The van der Waals surface area contributed by atoms with E-state index >= 15 is 0 Å². The second-order valence-corrected chi connectivity index (χ2v) is 5.07. The van der Waals surface area contributed by atoms with Crippen LogP contribution >= 0.6 is 0 Å². The molecular weight excluding hydrogens is 234 g/mol. The maximum atomic E-state index is 11.4. The Morgan fingerprint density at radius 3 is 2.11 bits per heavy atom. The zero-order chi connectivity index (χ0) is 13.1. The van der Waals surface area contributed by atoms with E-state index in [1.54, 1.807) is 0 Å². The zero-order valence-corrected chi connectivity index (χ0v) is 10.8. The maximum Gasteiger partial charge on any atom is 0.137 e. The fraction of sp³-hybridized carbons (Fsp3) is 0.235. The minimum Gasteiger partial charge on any atom is -0.302 e. The van der Waals surface area contributed by atoms with Gasteiger partial charge in [0.1, 0.15) is 6.29 Å². The minimum atomic E-state index is -0.0326. The Hall–Kier alpha value is -1.93. The molecule has 2 heteroatoms. The molecule has 2 aromatic rings. The first kappa shape index (κ1) is 12.1. The topological polar surface area (TPSA) is 20.3 Å². The van der Waals surface area contributed by atoms with Crippen LogP contribution in [-0.4, -0.2) is 17.2 Å². The Morgan fingerprint density at radius 1 is 0.947 bits per heavy atom. The van der Waals surface area contributed by atoms with Crippen LogP contribution in [0.2, 0.25) is 0 Å². The van der Waals surface area contributed by atoms with Crippen molar-refractivity contribution in [2.45, 2.75) is 25.6 Å². The molecule has 0 saturated carbocycles. The summed E-state index contributed by atoms with van der Waals surface area (Å²) in [6.07, 6.45) is 1.87. The molecule has 2 nitrogen and oxygen atoms in total. The van der Waals surface area contributed by atoms with Gasteiger partial charge in [0.25, 0.3) is 0 Å². The lowest BCUT2D eigenvalue weighted by atomic mass is 10.1. The first-order chi connectivity index (χ1) is 9.36. The first-order valence-corrected chi connectivity index (χ1v) is 6.67. The van der Waals surface area contributed by atoms with Gasteiger partial charge in [0.15, 0.2) is 0 Å². The average molecular weight is 251 g/mol. The molecule has 0 N–H and O–H groups in total. The van der Waals surface area contributed by atoms with Gasteiger partial charge in [0, 0.05) is 13.1 Å². The van der Waals surface area contributed by atoms with E-state index in [9.17, 15) is 4.79 Å². The van der Waals surface area contributed by atoms with Crippen LogP contribution in [0.4, 0.5) is 0 Å². The van der Waals surface area contributed by atoms with E-state index < -0.39 is 0 Å². The third kappa shape index (κ3) is 2.59. The van der Waals surface area contributed by atoms with Gasteiger partial charge in [-0.2, -0.15) is 0 Å². The molecule has 19 heavy (non-hydrogen) atoms. The molecule has 0 spiro atoms. The predicted molar refractivity (Wildman–Crippen MR) is 75.7 cm³/mol. The molecule has 0 unspecified atom stereocenters. The van der Waals surface area contributed by atoms with Crippen molar-refractivity contribution in [2.75, 3.05) is 0 Å². The van der Waals surface area contributed by atoms with Crippen LogP contribution < -0.4 is 0 Å². The number of carbonyl (C=O) groups is 1. The van der Waals surface area contributed by atoms with Gasteiger partial charge in [-0.25, -0.2) is 0 Å². The van der Waals surface area contributed by atoms with Crippen LogP contribution in [0.1, 0.15) is 16.7 Å². The van der Waals surface area contributed by atoms with E-state index in [2.05, 4.69) is 41.3 Å². The standard InChI is InChI=1S/C17H17NO/c19-13-17(10-14-6-2-1-3-7-14)18-11-15-8-4-5-9-16(15)12-18/h1-9,13,17H,10-12H2/t17-/m0/s1. The Labute approximate surface area is 113 Å². The fourth-order valence-electron chi connectivity index (χ4n) is 2.71. The van der Waals surface area contributed by atoms with E-state index in [1.165, 1.54) is 16.7 Å². The van der Waals surface area contributed by atoms with Crippen LogP contribution in [0.15, 0.2) is 54.6 Å². The highest BCUT2D eigenvalue weighted by Gasteiger charge is 2.25. The Balaban J connectivity index is 1.73. The largest absolute Gasteiger partial charge is 0.302 e. The van der Waals surface area contributed by atoms with Gasteiger partial charge in [0.2, 0.25) is 0 Å². The number of rotatable bonds is 4. The molecule has 0 bridgehead atoms. The second kappa shape index (κ2) is 5.37. The lowest BCUT2D eigenvalue weighted by Crippen LogP contribution is -2.33. The first-order valence-electron chi connectivity index (χ1n) is 6.67. The van der Waals surface area contributed by atoms with Gasteiger partial charge in [-0.1, -0.05) is 54.6 Å². The highest BCUT2D eigenvalue weighted by atomic mass is 16.1. The maximum absolute atomic E-state index is 11.4. The Morgan fingerprint density at radius 2 is 1.53 bits per heavy atom. The van der Waals surface area contributed by atoms with E-state index in [-0.39, 0.29) is 6.04 Å². The third-order valence-corrected chi connectivity index (χ3v) is 3.78. The van der Waals surface area contributed by atoms with Crippen molar-refractivity contribution in [1.82, 2.24) is 4.90 Å². The average Bonchev–Trinajstić information content (AvgIpc) is 2.89. The van der Waals surface area contributed by atoms with Crippen molar-refractivity contribution in [1.29, 1.82) is 0 Å². The van der Waals surface area contributed by atoms with Gasteiger partial charge in [-0.15, -0.1) is 0 Å². The van der Waals surface area contributed by atoms with Gasteiger partial charge in [-0.3, -0.25) is 4.90 Å². The molecule has 1 heterocycles. The molecule has 96 valence electrons. The van der Waals surface area contributed by atoms with E-state index in [1.807, 2.05) is 18.2 Å². The summed E-state index contributed by atoms with van der Waals surface area (Å²) in [7, 11) is 0. The van der Waals surface area contributed by atoms with E-state index in [0.29, 0.717) is 0 Å². The molecule has 0 fully saturated rings. The molecule has 0 saturated heterocycles.